The van der Waals surface area contributed by atoms with E-state index >= 15 is 0 Å². The summed E-state index contributed by atoms with van der Waals surface area (Å²) in [5, 5.41) is 8.25. The minimum Gasteiger partial charge on any atom is -0.444 e. The van der Waals surface area contributed by atoms with Crippen molar-refractivity contribution in [2.24, 2.45) is 17.3 Å². The number of fused-ring (bicyclic) bond motifs is 3. The summed E-state index contributed by atoms with van der Waals surface area (Å²) in [4.78, 5) is 67.5. The lowest BCUT2D eigenvalue weighted by molar-refractivity contribution is -0.145. The van der Waals surface area contributed by atoms with E-state index in [9.17, 15) is 24.0 Å². The highest BCUT2D eigenvalue weighted by Crippen LogP contribution is 2.64. The zero-order chi connectivity index (χ0) is 29.2. The van der Waals surface area contributed by atoms with E-state index < -0.39 is 53.3 Å². The van der Waals surface area contributed by atoms with Gasteiger partial charge in [0.2, 0.25) is 17.6 Å². The Morgan fingerprint density at radius 2 is 1.68 bits per heavy atom. The molecule has 2 saturated carbocycles. The minimum atomic E-state index is -1.03. The van der Waals surface area contributed by atoms with E-state index in [4.69, 9.17) is 9.47 Å². The molecule has 0 aromatic carbocycles. The van der Waals surface area contributed by atoms with Gasteiger partial charge in [-0.1, -0.05) is 39.5 Å². The van der Waals surface area contributed by atoms with Crippen LogP contribution in [0.5, 0.6) is 0 Å². The van der Waals surface area contributed by atoms with Gasteiger partial charge in [0.1, 0.15) is 17.7 Å². The molecule has 3 N–H and O–H groups in total. The molecule has 4 fully saturated rings. The number of nitrogens with one attached hydrogen (secondary N) is 3. The summed E-state index contributed by atoms with van der Waals surface area (Å²) >= 11 is 0. The summed E-state index contributed by atoms with van der Waals surface area (Å²) in [7, 11) is 0. The average molecular weight is 563 g/mol. The van der Waals surface area contributed by atoms with Crippen LogP contribution in [0.1, 0.15) is 86.0 Å². The number of nitrogens with zero attached hydrogens (tertiary/aromatic N) is 1. The Morgan fingerprint density at radius 1 is 1.00 bits per heavy atom. The van der Waals surface area contributed by atoms with Crippen LogP contribution in [0.4, 0.5) is 4.79 Å². The molecule has 4 amide bonds. The third-order valence-corrected chi connectivity index (χ3v) is 8.58. The molecule has 2 aliphatic heterocycles. The standard InChI is InChI=1S/C29H46N4O7/c1-28(2,3)40-27(38)32-20-16-39-14-10-8-6-7-9-11-19(23(34)25(36)30-17-12-13-17)31-24(35)22-21-18(29(21,4)5)15-33(22)26(20)37/h17-22H,6-16H2,1-5H3,(H,30,36)(H,31,35)(H,32,38)/t18-,19-,20-,21-,22-/m0/s1. The largest absolute Gasteiger partial charge is 0.444 e. The quantitative estimate of drug-likeness (QED) is 0.445. The number of carbonyl (C=O) groups excluding carboxylic acids is 5. The third-order valence-electron chi connectivity index (χ3n) is 8.58. The van der Waals surface area contributed by atoms with E-state index in [1.807, 2.05) is 0 Å². The van der Waals surface area contributed by atoms with E-state index in [0.29, 0.717) is 26.0 Å². The molecular formula is C29H46N4O7. The second-order valence-corrected chi connectivity index (χ2v) is 13.4. The maximum absolute atomic E-state index is 13.9. The Bertz CT molecular complexity index is 1000. The summed E-state index contributed by atoms with van der Waals surface area (Å²) in [6.45, 7) is 10.1. The maximum Gasteiger partial charge on any atom is 0.408 e. The molecule has 2 aliphatic carbocycles. The van der Waals surface area contributed by atoms with Crippen molar-refractivity contribution in [1.82, 2.24) is 20.9 Å². The smallest absolute Gasteiger partial charge is 0.408 e. The van der Waals surface area contributed by atoms with E-state index in [1.165, 1.54) is 4.90 Å². The number of hydrogen-bond donors (Lipinski definition) is 3. The van der Waals surface area contributed by atoms with Gasteiger partial charge in [-0.05, 0) is 63.7 Å². The normalized spacial score (nSPS) is 31.3. The lowest BCUT2D eigenvalue weighted by atomic mass is 9.98. The zero-order valence-electron chi connectivity index (χ0n) is 24.5. The van der Waals surface area contributed by atoms with E-state index in [1.54, 1.807) is 20.8 Å². The van der Waals surface area contributed by atoms with Crippen LogP contribution in [0.15, 0.2) is 0 Å². The second-order valence-electron chi connectivity index (χ2n) is 13.4. The minimum absolute atomic E-state index is 0.0333. The van der Waals surface area contributed by atoms with Gasteiger partial charge in [0.25, 0.3) is 5.91 Å². The molecule has 0 aromatic rings. The number of piperidine rings is 1. The first-order chi connectivity index (χ1) is 18.8. The number of rotatable bonds is 4. The molecule has 0 bridgehead atoms. The number of amides is 4. The van der Waals surface area contributed by atoms with Gasteiger partial charge in [0, 0.05) is 19.2 Å². The SMILES string of the molecule is CC(C)(C)OC(=O)N[C@H]1COCCCCCCC[C@@H](C(=O)C(=O)NC2CC2)NC(=O)[C@@H]2[C@@H]3[C@H](CN2C1=O)C3(C)C. The molecule has 2 heterocycles. The van der Waals surface area contributed by atoms with E-state index in [0.717, 1.165) is 38.5 Å². The van der Waals surface area contributed by atoms with Crippen molar-refractivity contribution in [3.05, 3.63) is 0 Å². The van der Waals surface area contributed by atoms with Gasteiger partial charge in [0.05, 0.1) is 12.6 Å². The first-order valence-corrected chi connectivity index (χ1v) is 14.8. The highest BCUT2D eigenvalue weighted by molar-refractivity contribution is 6.38. The van der Waals surface area contributed by atoms with E-state index in [2.05, 4.69) is 29.8 Å². The van der Waals surface area contributed by atoms with Gasteiger partial charge < -0.3 is 30.3 Å². The van der Waals surface area contributed by atoms with Crippen molar-refractivity contribution >= 4 is 29.6 Å². The van der Waals surface area contributed by atoms with Crippen LogP contribution in [0.3, 0.4) is 0 Å². The summed E-state index contributed by atoms with van der Waals surface area (Å²) in [5.74, 6) is -2.13. The number of Topliss-reactive ketones (excluding diaryl/α,β-unsaturated/α-hetero) is 1. The highest BCUT2D eigenvalue weighted by Gasteiger charge is 2.69. The summed E-state index contributed by atoms with van der Waals surface area (Å²) in [6.07, 6.45) is 5.50. The molecule has 224 valence electrons. The zero-order valence-corrected chi connectivity index (χ0v) is 24.5. The molecule has 2 saturated heterocycles. The molecule has 0 aromatic heterocycles. The predicted molar refractivity (Wildman–Crippen MR) is 146 cm³/mol. The van der Waals surface area contributed by atoms with Gasteiger partial charge in [0.15, 0.2) is 0 Å². The Hall–Kier alpha value is -2.69. The van der Waals surface area contributed by atoms with Gasteiger partial charge in [-0.25, -0.2) is 4.79 Å². The second kappa shape index (κ2) is 12.0. The molecule has 11 heteroatoms. The Balaban J connectivity index is 1.55. The average Bonchev–Trinajstić information content (AvgIpc) is 3.70. The number of carbonyl (C=O) groups is 5. The molecule has 0 unspecified atom stereocenters. The van der Waals surface area contributed by atoms with Crippen molar-refractivity contribution in [1.29, 1.82) is 0 Å². The van der Waals surface area contributed by atoms with Crippen LogP contribution < -0.4 is 16.0 Å². The van der Waals surface area contributed by atoms with Crippen LogP contribution in [-0.2, 0) is 28.7 Å². The van der Waals surface area contributed by atoms with Crippen LogP contribution in [0.2, 0.25) is 0 Å². The molecule has 5 atom stereocenters. The topological polar surface area (TPSA) is 143 Å². The fourth-order valence-electron chi connectivity index (χ4n) is 6.09. The Morgan fingerprint density at radius 3 is 2.35 bits per heavy atom. The third kappa shape index (κ3) is 7.33. The molecule has 11 nitrogen and oxygen atoms in total. The lowest BCUT2D eigenvalue weighted by Crippen LogP contribution is -2.59. The molecule has 4 rings (SSSR count). The molecule has 0 spiro atoms. The van der Waals surface area contributed by atoms with Crippen molar-refractivity contribution in [2.75, 3.05) is 19.8 Å². The van der Waals surface area contributed by atoms with Gasteiger partial charge in [-0.3, -0.25) is 19.2 Å². The first kappa shape index (κ1) is 30.3. The number of ether oxygens (including phenoxy) is 2. The first-order valence-electron chi connectivity index (χ1n) is 14.8. The van der Waals surface area contributed by atoms with Crippen LogP contribution in [0, 0.1) is 17.3 Å². The fraction of sp³-hybridized carbons (Fsp3) is 0.828. The maximum atomic E-state index is 13.9. The molecule has 40 heavy (non-hydrogen) atoms. The molecule has 4 aliphatic rings. The van der Waals surface area contributed by atoms with E-state index in [-0.39, 0.29) is 29.9 Å². The summed E-state index contributed by atoms with van der Waals surface area (Å²) in [5.41, 5.74) is -0.894. The van der Waals surface area contributed by atoms with Gasteiger partial charge in [-0.2, -0.15) is 0 Å². The van der Waals surface area contributed by atoms with Crippen LogP contribution >= 0.6 is 0 Å². The molecular weight excluding hydrogens is 516 g/mol. The Labute approximate surface area is 236 Å². The monoisotopic (exact) mass is 562 g/mol. The van der Waals surface area contributed by atoms with Crippen molar-refractivity contribution in [2.45, 2.75) is 116 Å². The van der Waals surface area contributed by atoms with Gasteiger partial charge in [-0.15, -0.1) is 0 Å². The number of hydrogen-bond acceptors (Lipinski definition) is 7. The summed E-state index contributed by atoms with van der Waals surface area (Å²) in [6, 6.07) is -2.76. The molecule has 0 radical (unpaired) electrons. The van der Waals surface area contributed by atoms with Crippen molar-refractivity contribution < 1.29 is 33.4 Å². The fourth-order valence-corrected chi connectivity index (χ4v) is 6.09. The Kier molecular flexibility index (Phi) is 9.11. The van der Waals surface area contributed by atoms with Crippen molar-refractivity contribution in [3.63, 3.8) is 0 Å². The number of ketones is 1. The highest BCUT2D eigenvalue weighted by atomic mass is 16.6. The van der Waals surface area contributed by atoms with Crippen LogP contribution in [-0.4, -0.2) is 84.0 Å². The predicted octanol–water partition coefficient (Wildman–Crippen LogP) is 2.07. The lowest BCUT2D eigenvalue weighted by Gasteiger charge is -2.34. The van der Waals surface area contributed by atoms with Crippen LogP contribution in [0.25, 0.3) is 0 Å². The van der Waals surface area contributed by atoms with Gasteiger partial charge >= 0.3 is 6.09 Å². The summed E-state index contributed by atoms with van der Waals surface area (Å²) < 4.78 is 11.2. The van der Waals surface area contributed by atoms with Crippen molar-refractivity contribution in [3.8, 4) is 0 Å². The number of alkyl carbamates (subject to hydrolysis) is 1.